The van der Waals surface area contributed by atoms with E-state index in [0.717, 1.165) is 45.6 Å². The highest BCUT2D eigenvalue weighted by Crippen LogP contribution is 2.17. The minimum atomic E-state index is 0.155. The molecule has 5 heteroatoms. The normalized spacial score (nSPS) is 27.3. The van der Waals surface area contributed by atoms with E-state index in [1.165, 1.54) is 6.42 Å². The molecule has 2 heterocycles. The van der Waals surface area contributed by atoms with Gasteiger partial charge in [-0.25, -0.2) is 0 Å². The summed E-state index contributed by atoms with van der Waals surface area (Å²) in [6, 6.07) is 0.416. The highest BCUT2D eigenvalue weighted by atomic mass is 16.5. The van der Waals surface area contributed by atoms with Gasteiger partial charge in [-0.15, -0.1) is 0 Å². The van der Waals surface area contributed by atoms with Crippen LogP contribution in [0, 0.1) is 0 Å². The van der Waals surface area contributed by atoms with Crippen molar-refractivity contribution in [2.45, 2.75) is 44.8 Å². The first kappa shape index (κ1) is 14.8. The number of ether oxygens (including phenoxy) is 1. The van der Waals surface area contributed by atoms with Gasteiger partial charge in [0.05, 0.1) is 12.5 Å². The van der Waals surface area contributed by atoms with Crippen LogP contribution in [0.1, 0.15) is 32.6 Å². The van der Waals surface area contributed by atoms with Gasteiger partial charge in [0.1, 0.15) is 0 Å². The van der Waals surface area contributed by atoms with Gasteiger partial charge >= 0.3 is 0 Å². The molecule has 5 nitrogen and oxygen atoms in total. The summed E-state index contributed by atoms with van der Waals surface area (Å²) in [4.78, 5) is 16.6. The SMILES string of the molecule is CC(CN)N1CCN(C(=O)CC2CCCCO2)CC1. The molecule has 0 aromatic carbocycles. The summed E-state index contributed by atoms with van der Waals surface area (Å²) >= 11 is 0. The molecule has 19 heavy (non-hydrogen) atoms. The zero-order valence-electron chi connectivity index (χ0n) is 12.0. The molecule has 1 amide bonds. The predicted molar refractivity (Wildman–Crippen MR) is 74.9 cm³/mol. The van der Waals surface area contributed by atoms with Gasteiger partial charge in [-0.3, -0.25) is 9.69 Å². The van der Waals surface area contributed by atoms with Gasteiger partial charge < -0.3 is 15.4 Å². The van der Waals surface area contributed by atoms with Gasteiger partial charge in [-0.2, -0.15) is 0 Å². The van der Waals surface area contributed by atoms with E-state index in [2.05, 4.69) is 11.8 Å². The van der Waals surface area contributed by atoms with Crippen LogP contribution in [0.4, 0.5) is 0 Å². The van der Waals surface area contributed by atoms with Crippen LogP contribution >= 0.6 is 0 Å². The van der Waals surface area contributed by atoms with Crippen molar-refractivity contribution < 1.29 is 9.53 Å². The van der Waals surface area contributed by atoms with E-state index in [-0.39, 0.29) is 12.0 Å². The van der Waals surface area contributed by atoms with Crippen molar-refractivity contribution in [1.82, 2.24) is 9.80 Å². The molecule has 2 aliphatic rings. The third-order valence-corrected chi connectivity index (χ3v) is 4.31. The van der Waals surface area contributed by atoms with Crippen LogP contribution in [0.3, 0.4) is 0 Å². The highest BCUT2D eigenvalue weighted by Gasteiger charge is 2.26. The van der Waals surface area contributed by atoms with Crippen LogP contribution < -0.4 is 5.73 Å². The third-order valence-electron chi connectivity index (χ3n) is 4.31. The Labute approximate surface area is 116 Å². The lowest BCUT2D eigenvalue weighted by atomic mass is 10.1. The quantitative estimate of drug-likeness (QED) is 0.804. The Morgan fingerprint density at radius 1 is 1.32 bits per heavy atom. The van der Waals surface area contributed by atoms with Crippen molar-refractivity contribution in [3.8, 4) is 0 Å². The second-order valence-corrected chi connectivity index (χ2v) is 5.69. The van der Waals surface area contributed by atoms with Crippen molar-refractivity contribution in [2.24, 2.45) is 5.73 Å². The first-order valence-corrected chi connectivity index (χ1v) is 7.54. The molecule has 0 spiro atoms. The van der Waals surface area contributed by atoms with Crippen molar-refractivity contribution >= 4 is 5.91 Å². The number of rotatable bonds is 4. The predicted octanol–water partition coefficient (Wildman–Crippen LogP) is 0.437. The van der Waals surface area contributed by atoms with Crippen LogP contribution in [0.25, 0.3) is 0 Å². The van der Waals surface area contributed by atoms with E-state index in [0.29, 0.717) is 19.0 Å². The largest absolute Gasteiger partial charge is 0.378 e. The number of amides is 1. The van der Waals surface area contributed by atoms with E-state index in [1.807, 2.05) is 4.90 Å². The standard InChI is InChI=1S/C14H27N3O2/c1-12(11-15)16-5-7-17(8-6-16)14(18)10-13-4-2-3-9-19-13/h12-13H,2-11,15H2,1H3. The van der Waals surface area contributed by atoms with E-state index in [4.69, 9.17) is 10.5 Å². The molecule has 2 N–H and O–H groups in total. The summed E-state index contributed by atoms with van der Waals surface area (Å²) in [6.45, 7) is 7.19. The Bertz CT molecular complexity index is 284. The summed E-state index contributed by atoms with van der Waals surface area (Å²) in [5, 5.41) is 0. The molecule has 110 valence electrons. The lowest BCUT2D eigenvalue weighted by Gasteiger charge is -2.38. The third kappa shape index (κ3) is 4.16. The van der Waals surface area contributed by atoms with Gasteiger partial charge in [0.25, 0.3) is 0 Å². The lowest BCUT2D eigenvalue weighted by molar-refractivity contribution is -0.137. The molecule has 2 aliphatic heterocycles. The molecular formula is C14H27N3O2. The fourth-order valence-electron chi connectivity index (χ4n) is 2.85. The summed E-state index contributed by atoms with van der Waals surface area (Å²) in [7, 11) is 0. The molecule has 2 saturated heterocycles. The molecule has 0 aromatic heterocycles. The summed E-state index contributed by atoms with van der Waals surface area (Å²) < 4.78 is 5.64. The van der Waals surface area contributed by atoms with E-state index < -0.39 is 0 Å². The Balaban J connectivity index is 1.72. The van der Waals surface area contributed by atoms with E-state index in [1.54, 1.807) is 0 Å². The molecule has 0 saturated carbocycles. The van der Waals surface area contributed by atoms with Crippen LogP contribution in [0.15, 0.2) is 0 Å². The summed E-state index contributed by atoms with van der Waals surface area (Å²) in [5.74, 6) is 0.256. The maximum absolute atomic E-state index is 12.2. The van der Waals surface area contributed by atoms with Gasteiger partial charge in [-0.1, -0.05) is 0 Å². The summed E-state index contributed by atoms with van der Waals surface area (Å²) in [6.07, 6.45) is 4.09. The fraction of sp³-hybridized carbons (Fsp3) is 0.929. The van der Waals surface area contributed by atoms with Crippen molar-refractivity contribution in [2.75, 3.05) is 39.3 Å². The van der Waals surface area contributed by atoms with Gasteiger partial charge in [0.15, 0.2) is 0 Å². The molecule has 0 bridgehead atoms. The van der Waals surface area contributed by atoms with Crippen molar-refractivity contribution in [3.63, 3.8) is 0 Å². The lowest BCUT2D eigenvalue weighted by Crippen LogP contribution is -2.53. The smallest absolute Gasteiger partial charge is 0.225 e. The number of nitrogens with zero attached hydrogens (tertiary/aromatic N) is 2. The Kier molecular flexibility index (Phi) is 5.60. The minimum Gasteiger partial charge on any atom is -0.378 e. The first-order valence-electron chi connectivity index (χ1n) is 7.54. The Hall–Kier alpha value is -0.650. The average Bonchev–Trinajstić information content (AvgIpc) is 2.47. The maximum Gasteiger partial charge on any atom is 0.225 e. The number of carbonyl (C=O) groups excluding carboxylic acids is 1. The molecule has 2 rings (SSSR count). The Morgan fingerprint density at radius 2 is 2.05 bits per heavy atom. The van der Waals surface area contributed by atoms with Crippen LogP contribution in [0.2, 0.25) is 0 Å². The molecule has 2 atom stereocenters. The molecular weight excluding hydrogens is 242 g/mol. The second-order valence-electron chi connectivity index (χ2n) is 5.69. The van der Waals surface area contributed by atoms with Crippen molar-refractivity contribution in [3.05, 3.63) is 0 Å². The number of piperazine rings is 1. The van der Waals surface area contributed by atoms with Gasteiger partial charge in [-0.05, 0) is 26.2 Å². The highest BCUT2D eigenvalue weighted by molar-refractivity contribution is 5.76. The van der Waals surface area contributed by atoms with E-state index in [9.17, 15) is 4.79 Å². The number of nitrogens with two attached hydrogens (primary N) is 1. The zero-order chi connectivity index (χ0) is 13.7. The molecule has 2 unspecified atom stereocenters. The molecule has 2 fully saturated rings. The monoisotopic (exact) mass is 269 g/mol. The fourth-order valence-corrected chi connectivity index (χ4v) is 2.85. The van der Waals surface area contributed by atoms with Crippen molar-refractivity contribution in [1.29, 1.82) is 0 Å². The topological polar surface area (TPSA) is 58.8 Å². The summed E-state index contributed by atoms with van der Waals surface area (Å²) in [5.41, 5.74) is 5.68. The molecule has 0 aliphatic carbocycles. The minimum absolute atomic E-state index is 0.155. The number of carbonyl (C=O) groups is 1. The zero-order valence-corrected chi connectivity index (χ0v) is 12.0. The van der Waals surface area contributed by atoms with Crippen LogP contribution in [-0.4, -0.2) is 67.2 Å². The number of hydrogen-bond donors (Lipinski definition) is 1. The average molecular weight is 269 g/mol. The van der Waals surface area contributed by atoms with Gasteiger partial charge in [0, 0.05) is 45.4 Å². The Morgan fingerprint density at radius 3 is 2.63 bits per heavy atom. The number of hydrogen-bond acceptors (Lipinski definition) is 4. The van der Waals surface area contributed by atoms with E-state index >= 15 is 0 Å². The maximum atomic E-state index is 12.2. The second kappa shape index (κ2) is 7.22. The first-order chi connectivity index (χ1) is 9.20. The molecule has 0 aromatic rings. The van der Waals surface area contributed by atoms with Crippen LogP contribution in [0.5, 0.6) is 0 Å². The molecule has 0 radical (unpaired) electrons. The van der Waals surface area contributed by atoms with Crippen LogP contribution in [-0.2, 0) is 9.53 Å². The van der Waals surface area contributed by atoms with Gasteiger partial charge in [0.2, 0.25) is 5.91 Å².